The molecule has 1 unspecified atom stereocenters. The van der Waals surface area contributed by atoms with Gasteiger partial charge in [0.15, 0.2) is 5.82 Å². The minimum Gasteiger partial charge on any atom is -0.339 e. The summed E-state index contributed by atoms with van der Waals surface area (Å²) in [6, 6.07) is 3.52. The van der Waals surface area contributed by atoms with Crippen LogP contribution in [0.4, 0.5) is 8.78 Å². The normalized spacial score (nSPS) is 12.6. The number of aromatic nitrogens is 2. The highest BCUT2D eigenvalue weighted by molar-refractivity contribution is 5.21. The van der Waals surface area contributed by atoms with Gasteiger partial charge < -0.3 is 9.84 Å². The fraction of sp³-hybridized carbons (Fsp3) is 0.385. The number of nitrogens with one attached hydrogen (secondary N) is 1. The summed E-state index contributed by atoms with van der Waals surface area (Å²) in [6.07, 6.45) is 0.705. The zero-order valence-electron chi connectivity index (χ0n) is 10.8. The minimum absolute atomic E-state index is 0.0878. The molecule has 6 heteroatoms. The van der Waals surface area contributed by atoms with E-state index in [1.807, 2.05) is 14.0 Å². The van der Waals surface area contributed by atoms with Crippen LogP contribution in [0.1, 0.15) is 24.2 Å². The van der Waals surface area contributed by atoms with Gasteiger partial charge in [0.2, 0.25) is 5.89 Å². The molecular weight excluding hydrogens is 252 g/mol. The van der Waals surface area contributed by atoms with Crippen molar-refractivity contribution in [1.29, 1.82) is 0 Å². The number of hydrogen-bond donors (Lipinski definition) is 1. The summed E-state index contributed by atoms with van der Waals surface area (Å²) < 4.78 is 31.5. The van der Waals surface area contributed by atoms with Crippen LogP contribution in [0.3, 0.4) is 0 Å². The Morgan fingerprint density at radius 2 is 2.16 bits per heavy atom. The Labute approximate surface area is 109 Å². The molecule has 0 aliphatic heterocycles. The SMILES string of the molecule is CNC(C)Cc1noc(Cc2cc(F)ccc2F)n1. The van der Waals surface area contributed by atoms with Crippen LogP contribution in [-0.2, 0) is 12.8 Å². The number of likely N-dealkylation sites (N-methyl/N-ethyl adjacent to an activating group) is 1. The van der Waals surface area contributed by atoms with Crippen molar-refractivity contribution >= 4 is 0 Å². The molecule has 102 valence electrons. The first-order valence-corrected chi connectivity index (χ1v) is 6.01. The van der Waals surface area contributed by atoms with Crippen molar-refractivity contribution < 1.29 is 13.3 Å². The third-order valence-electron chi connectivity index (χ3n) is 2.84. The fourth-order valence-electron chi connectivity index (χ4n) is 1.66. The molecule has 2 aromatic rings. The monoisotopic (exact) mass is 267 g/mol. The molecule has 1 N–H and O–H groups in total. The molecule has 0 aliphatic rings. The third-order valence-corrected chi connectivity index (χ3v) is 2.84. The number of rotatable bonds is 5. The van der Waals surface area contributed by atoms with Crippen LogP contribution in [0.25, 0.3) is 0 Å². The van der Waals surface area contributed by atoms with Crippen molar-refractivity contribution in [3.05, 3.63) is 47.1 Å². The molecule has 19 heavy (non-hydrogen) atoms. The van der Waals surface area contributed by atoms with Crippen LogP contribution in [0.2, 0.25) is 0 Å². The second-order valence-electron chi connectivity index (χ2n) is 4.41. The zero-order chi connectivity index (χ0) is 13.8. The zero-order valence-corrected chi connectivity index (χ0v) is 10.8. The summed E-state index contributed by atoms with van der Waals surface area (Å²) >= 11 is 0. The van der Waals surface area contributed by atoms with Crippen LogP contribution in [0.15, 0.2) is 22.7 Å². The summed E-state index contributed by atoms with van der Waals surface area (Å²) in [6.45, 7) is 1.99. The number of benzene rings is 1. The van der Waals surface area contributed by atoms with Gasteiger partial charge in [0, 0.05) is 18.0 Å². The summed E-state index contributed by atoms with van der Waals surface area (Å²) in [5.74, 6) is -0.138. The van der Waals surface area contributed by atoms with E-state index in [4.69, 9.17) is 4.52 Å². The molecule has 0 spiro atoms. The molecule has 0 aliphatic carbocycles. The Bertz CT molecular complexity index is 557. The summed E-state index contributed by atoms with van der Waals surface area (Å²) in [5, 5.41) is 6.87. The van der Waals surface area contributed by atoms with Gasteiger partial charge in [-0.3, -0.25) is 0 Å². The van der Waals surface area contributed by atoms with Crippen molar-refractivity contribution in [2.75, 3.05) is 7.05 Å². The average molecular weight is 267 g/mol. The van der Waals surface area contributed by atoms with Gasteiger partial charge >= 0.3 is 0 Å². The largest absolute Gasteiger partial charge is 0.339 e. The molecule has 0 bridgehead atoms. The van der Waals surface area contributed by atoms with Crippen molar-refractivity contribution in [1.82, 2.24) is 15.5 Å². The third kappa shape index (κ3) is 3.57. The summed E-state index contributed by atoms with van der Waals surface area (Å²) in [4.78, 5) is 4.16. The van der Waals surface area contributed by atoms with Crippen LogP contribution < -0.4 is 5.32 Å². The van der Waals surface area contributed by atoms with E-state index >= 15 is 0 Å². The molecule has 1 heterocycles. The molecule has 2 rings (SSSR count). The molecule has 1 aromatic carbocycles. The van der Waals surface area contributed by atoms with Crippen molar-refractivity contribution in [2.24, 2.45) is 0 Å². The molecule has 4 nitrogen and oxygen atoms in total. The summed E-state index contributed by atoms with van der Waals surface area (Å²) in [7, 11) is 1.84. The van der Waals surface area contributed by atoms with Gasteiger partial charge in [0.25, 0.3) is 0 Å². The van der Waals surface area contributed by atoms with E-state index < -0.39 is 11.6 Å². The molecule has 0 amide bonds. The van der Waals surface area contributed by atoms with E-state index in [-0.39, 0.29) is 23.9 Å². The van der Waals surface area contributed by atoms with E-state index in [0.29, 0.717) is 12.2 Å². The average Bonchev–Trinajstić information content (AvgIpc) is 2.81. The van der Waals surface area contributed by atoms with Gasteiger partial charge in [-0.05, 0) is 32.2 Å². The van der Waals surface area contributed by atoms with Gasteiger partial charge in [-0.15, -0.1) is 0 Å². The first-order chi connectivity index (χ1) is 9.08. The molecule has 0 saturated heterocycles. The van der Waals surface area contributed by atoms with Gasteiger partial charge in [0.1, 0.15) is 11.6 Å². The maximum Gasteiger partial charge on any atom is 0.231 e. The summed E-state index contributed by atoms with van der Waals surface area (Å²) in [5.41, 5.74) is 0.205. The van der Waals surface area contributed by atoms with Crippen molar-refractivity contribution in [3.8, 4) is 0 Å². The first kappa shape index (κ1) is 13.6. The Hall–Kier alpha value is -1.82. The predicted octanol–water partition coefficient (Wildman–Crippen LogP) is 2.09. The maximum atomic E-state index is 13.5. The Morgan fingerprint density at radius 1 is 1.37 bits per heavy atom. The highest BCUT2D eigenvalue weighted by atomic mass is 19.1. The standard InChI is InChI=1S/C13H15F2N3O/c1-8(16-2)5-12-17-13(19-18-12)7-9-6-10(14)3-4-11(9)15/h3-4,6,8,16H,5,7H2,1-2H3. The molecule has 0 fully saturated rings. The lowest BCUT2D eigenvalue weighted by Gasteiger charge is -2.04. The van der Waals surface area contributed by atoms with E-state index in [2.05, 4.69) is 15.5 Å². The van der Waals surface area contributed by atoms with Crippen LogP contribution >= 0.6 is 0 Å². The van der Waals surface area contributed by atoms with E-state index in [1.165, 1.54) is 0 Å². The highest BCUT2D eigenvalue weighted by Crippen LogP contribution is 2.14. The topological polar surface area (TPSA) is 51.0 Å². The van der Waals surface area contributed by atoms with Crippen LogP contribution in [-0.4, -0.2) is 23.2 Å². The van der Waals surface area contributed by atoms with Crippen molar-refractivity contribution in [3.63, 3.8) is 0 Å². The molecular formula is C13H15F2N3O. The second kappa shape index (κ2) is 5.88. The van der Waals surface area contributed by atoms with E-state index in [1.54, 1.807) is 0 Å². The molecule has 0 saturated carbocycles. The highest BCUT2D eigenvalue weighted by Gasteiger charge is 2.12. The van der Waals surface area contributed by atoms with Gasteiger partial charge in [-0.2, -0.15) is 4.98 Å². The fourth-order valence-corrected chi connectivity index (χ4v) is 1.66. The van der Waals surface area contributed by atoms with E-state index in [9.17, 15) is 8.78 Å². The van der Waals surface area contributed by atoms with Crippen LogP contribution in [0, 0.1) is 11.6 Å². The Kier molecular flexibility index (Phi) is 4.21. The number of halogens is 2. The van der Waals surface area contributed by atoms with Gasteiger partial charge in [-0.1, -0.05) is 5.16 Å². The van der Waals surface area contributed by atoms with Gasteiger partial charge in [-0.25, -0.2) is 8.78 Å². The lowest BCUT2D eigenvalue weighted by atomic mass is 10.1. The smallest absolute Gasteiger partial charge is 0.231 e. The molecule has 1 atom stereocenters. The second-order valence-corrected chi connectivity index (χ2v) is 4.41. The minimum atomic E-state index is -0.486. The predicted molar refractivity (Wildman–Crippen MR) is 65.7 cm³/mol. The lowest BCUT2D eigenvalue weighted by molar-refractivity contribution is 0.375. The first-order valence-electron chi connectivity index (χ1n) is 6.01. The lowest BCUT2D eigenvalue weighted by Crippen LogP contribution is -2.24. The van der Waals surface area contributed by atoms with Gasteiger partial charge in [0.05, 0.1) is 6.42 Å². The quantitative estimate of drug-likeness (QED) is 0.901. The number of hydrogen-bond acceptors (Lipinski definition) is 4. The molecule has 0 radical (unpaired) electrons. The van der Waals surface area contributed by atoms with Crippen LogP contribution in [0.5, 0.6) is 0 Å². The van der Waals surface area contributed by atoms with Crippen molar-refractivity contribution in [2.45, 2.75) is 25.8 Å². The number of nitrogens with zero attached hydrogens (tertiary/aromatic N) is 2. The van der Waals surface area contributed by atoms with E-state index in [0.717, 1.165) is 18.2 Å². The maximum absolute atomic E-state index is 13.5. The Balaban J connectivity index is 2.09. The Morgan fingerprint density at radius 3 is 2.89 bits per heavy atom. The molecule has 1 aromatic heterocycles.